The Kier molecular flexibility index (Phi) is 5.06. The van der Waals surface area contributed by atoms with Crippen molar-refractivity contribution < 1.29 is 13.2 Å². The summed E-state index contributed by atoms with van der Waals surface area (Å²) in [7, 11) is -1.63. The van der Waals surface area contributed by atoms with Crippen molar-refractivity contribution in [1.29, 1.82) is 0 Å². The Morgan fingerprint density at radius 1 is 1.12 bits per heavy atom. The monoisotopic (exact) mass is 374 g/mol. The molecule has 1 aromatic carbocycles. The van der Waals surface area contributed by atoms with Crippen molar-refractivity contribution in [2.24, 2.45) is 0 Å². The lowest BCUT2D eigenvalue weighted by Gasteiger charge is -2.10. The number of hydrogen-bond donors (Lipinski definition) is 1. The number of thiophene rings is 1. The average molecular weight is 374 g/mol. The van der Waals surface area contributed by atoms with Crippen LogP contribution in [-0.2, 0) is 16.4 Å². The molecule has 2 heterocycles. The maximum absolute atomic E-state index is 11.6. The summed E-state index contributed by atoms with van der Waals surface area (Å²) in [4.78, 5) is 5.92. The van der Waals surface area contributed by atoms with Crippen molar-refractivity contribution in [1.82, 2.24) is 4.98 Å². The minimum Gasteiger partial charge on any atom is -0.481 e. The zero-order valence-electron chi connectivity index (χ0n) is 13.9. The minimum atomic E-state index is -3.20. The molecule has 3 rings (SSSR count). The van der Waals surface area contributed by atoms with Gasteiger partial charge in [-0.05, 0) is 40.8 Å². The Bertz CT molecular complexity index is 950. The molecular formula is C18H18N2O3S2. The fraction of sp³-hybridized carbons (Fsp3) is 0.167. The van der Waals surface area contributed by atoms with Crippen LogP contribution in [0.3, 0.4) is 0 Å². The molecule has 0 aliphatic carbocycles. The lowest BCUT2D eigenvalue weighted by atomic mass is 10.1. The number of ether oxygens (including phenoxy) is 1. The van der Waals surface area contributed by atoms with Crippen LogP contribution in [-0.4, -0.2) is 26.8 Å². The number of aromatic nitrogens is 1. The standard InChI is InChI=1S/C18H18N2O3S2/c1-23-18-11-14(13-5-7-16(8-6-13)25(2,21)22)10-17(20-18)19-12-15-4-3-9-24-15/h3-11H,12H2,1-2H3,(H,19,20). The molecule has 0 saturated heterocycles. The van der Waals surface area contributed by atoms with Gasteiger partial charge in [0.2, 0.25) is 5.88 Å². The summed E-state index contributed by atoms with van der Waals surface area (Å²) in [5, 5.41) is 5.32. The van der Waals surface area contributed by atoms with Crippen molar-refractivity contribution in [3.05, 3.63) is 58.8 Å². The molecule has 7 heteroatoms. The van der Waals surface area contributed by atoms with Gasteiger partial charge in [0.1, 0.15) is 5.82 Å². The molecule has 0 spiro atoms. The number of pyridine rings is 1. The first kappa shape index (κ1) is 17.4. The Labute approximate surface area is 151 Å². The van der Waals surface area contributed by atoms with Gasteiger partial charge in [0.05, 0.1) is 18.6 Å². The van der Waals surface area contributed by atoms with Gasteiger partial charge in [-0.2, -0.15) is 4.98 Å². The molecule has 0 saturated carbocycles. The molecule has 0 atom stereocenters. The number of nitrogens with zero attached hydrogens (tertiary/aromatic N) is 1. The van der Waals surface area contributed by atoms with E-state index >= 15 is 0 Å². The second-order valence-corrected chi connectivity index (χ2v) is 8.56. The maximum atomic E-state index is 11.6. The van der Waals surface area contributed by atoms with Crippen LogP contribution in [0.4, 0.5) is 5.82 Å². The smallest absolute Gasteiger partial charge is 0.215 e. The molecule has 0 amide bonds. The highest BCUT2D eigenvalue weighted by Crippen LogP contribution is 2.27. The number of methoxy groups -OCH3 is 1. The summed E-state index contributed by atoms with van der Waals surface area (Å²) in [5.74, 6) is 1.20. The van der Waals surface area contributed by atoms with Crippen LogP contribution in [0.25, 0.3) is 11.1 Å². The molecule has 130 valence electrons. The highest BCUT2D eigenvalue weighted by molar-refractivity contribution is 7.90. The van der Waals surface area contributed by atoms with Crippen LogP contribution >= 0.6 is 11.3 Å². The van der Waals surface area contributed by atoms with E-state index in [4.69, 9.17) is 4.74 Å². The normalized spacial score (nSPS) is 11.3. The summed E-state index contributed by atoms with van der Waals surface area (Å²) in [6.45, 7) is 0.685. The van der Waals surface area contributed by atoms with Gasteiger partial charge in [-0.25, -0.2) is 8.42 Å². The van der Waals surface area contributed by atoms with Crippen molar-refractivity contribution in [3.8, 4) is 17.0 Å². The number of benzene rings is 1. The molecule has 5 nitrogen and oxygen atoms in total. The Morgan fingerprint density at radius 3 is 2.48 bits per heavy atom. The molecule has 1 N–H and O–H groups in total. The predicted octanol–water partition coefficient (Wildman–Crippen LogP) is 3.83. The van der Waals surface area contributed by atoms with Crippen LogP contribution in [0.15, 0.2) is 58.8 Å². The van der Waals surface area contributed by atoms with Gasteiger partial charge >= 0.3 is 0 Å². The van der Waals surface area contributed by atoms with E-state index in [1.807, 2.05) is 23.6 Å². The van der Waals surface area contributed by atoms with Crippen molar-refractivity contribution in [2.45, 2.75) is 11.4 Å². The van der Waals surface area contributed by atoms with E-state index < -0.39 is 9.84 Å². The lowest BCUT2D eigenvalue weighted by Crippen LogP contribution is -2.01. The van der Waals surface area contributed by atoms with E-state index in [0.717, 1.165) is 11.1 Å². The zero-order chi connectivity index (χ0) is 17.9. The molecule has 2 aromatic heterocycles. The molecule has 0 aliphatic rings. The van der Waals surface area contributed by atoms with Crippen molar-refractivity contribution in [3.63, 3.8) is 0 Å². The Morgan fingerprint density at radius 2 is 1.88 bits per heavy atom. The molecule has 0 aliphatic heterocycles. The number of anilines is 1. The molecular weight excluding hydrogens is 356 g/mol. The molecule has 0 radical (unpaired) electrons. The van der Waals surface area contributed by atoms with Crippen molar-refractivity contribution in [2.75, 3.05) is 18.7 Å². The first-order chi connectivity index (χ1) is 12.0. The topological polar surface area (TPSA) is 68.3 Å². The van der Waals surface area contributed by atoms with Gasteiger partial charge in [-0.1, -0.05) is 18.2 Å². The van der Waals surface area contributed by atoms with Gasteiger partial charge in [0, 0.05) is 17.2 Å². The van der Waals surface area contributed by atoms with Crippen LogP contribution in [0, 0.1) is 0 Å². The van der Waals surface area contributed by atoms with E-state index in [-0.39, 0.29) is 0 Å². The van der Waals surface area contributed by atoms with Crippen molar-refractivity contribution >= 4 is 27.0 Å². The third kappa shape index (κ3) is 4.37. The maximum Gasteiger partial charge on any atom is 0.215 e. The SMILES string of the molecule is COc1cc(-c2ccc(S(C)(=O)=O)cc2)cc(NCc2cccs2)n1. The second-order valence-electron chi connectivity index (χ2n) is 5.51. The molecule has 25 heavy (non-hydrogen) atoms. The quantitative estimate of drug-likeness (QED) is 0.710. The fourth-order valence-corrected chi connectivity index (χ4v) is 3.63. The summed E-state index contributed by atoms with van der Waals surface area (Å²) >= 11 is 1.68. The predicted molar refractivity (Wildman–Crippen MR) is 101 cm³/mol. The minimum absolute atomic E-state index is 0.299. The summed E-state index contributed by atoms with van der Waals surface area (Å²) in [6, 6.07) is 14.6. The number of nitrogens with one attached hydrogen (secondary N) is 1. The highest BCUT2D eigenvalue weighted by atomic mass is 32.2. The van der Waals surface area contributed by atoms with E-state index in [0.29, 0.717) is 23.1 Å². The molecule has 0 bridgehead atoms. The van der Waals surface area contributed by atoms with Crippen LogP contribution in [0.2, 0.25) is 0 Å². The van der Waals surface area contributed by atoms with E-state index in [1.54, 1.807) is 42.7 Å². The third-order valence-electron chi connectivity index (χ3n) is 3.65. The molecule has 3 aromatic rings. The lowest BCUT2D eigenvalue weighted by molar-refractivity contribution is 0.398. The third-order valence-corrected chi connectivity index (χ3v) is 5.66. The summed E-state index contributed by atoms with van der Waals surface area (Å²) < 4.78 is 28.5. The second kappa shape index (κ2) is 7.25. The van der Waals surface area contributed by atoms with E-state index in [9.17, 15) is 8.42 Å². The molecule has 0 fully saturated rings. The average Bonchev–Trinajstić information content (AvgIpc) is 3.12. The number of sulfone groups is 1. The Balaban J connectivity index is 1.88. The largest absolute Gasteiger partial charge is 0.481 e. The van der Waals surface area contributed by atoms with Gasteiger partial charge in [-0.15, -0.1) is 11.3 Å². The van der Waals surface area contributed by atoms with E-state index in [2.05, 4.69) is 16.4 Å². The summed E-state index contributed by atoms with van der Waals surface area (Å²) in [6.07, 6.45) is 1.20. The van der Waals surface area contributed by atoms with Gasteiger partial charge < -0.3 is 10.1 Å². The van der Waals surface area contributed by atoms with Crippen LogP contribution in [0.5, 0.6) is 5.88 Å². The van der Waals surface area contributed by atoms with Gasteiger partial charge in [0.15, 0.2) is 9.84 Å². The first-order valence-electron chi connectivity index (χ1n) is 7.58. The Hall–Kier alpha value is -2.38. The van der Waals surface area contributed by atoms with Gasteiger partial charge in [0.25, 0.3) is 0 Å². The van der Waals surface area contributed by atoms with Gasteiger partial charge in [-0.3, -0.25) is 0 Å². The number of hydrogen-bond acceptors (Lipinski definition) is 6. The summed E-state index contributed by atoms with van der Waals surface area (Å²) in [5.41, 5.74) is 1.80. The number of rotatable bonds is 6. The highest BCUT2D eigenvalue weighted by Gasteiger charge is 2.09. The molecule has 0 unspecified atom stereocenters. The first-order valence-corrected chi connectivity index (χ1v) is 10.4. The zero-order valence-corrected chi connectivity index (χ0v) is 15.5. The van der Waals surface area contributed by atoms with E-state index in [1.165, 1.54) is 11.1 Å². The van der Waals surface area contributed by atoms with Crippen LogP contribution < -0.4 is 10.1 Å². The fourth-order valence-electron chi connectivity index (χ4n) is 2.35. The van der Waals surface area contributed by atoms with Crippen LogP contribution in [0.1, 0.15) is 4.88 Å².